The first-order chi connectivity index (χ1) is 6.20. The van der Waals surface area contributed by atoms with Gasteiger partial charge in [0.05, 0.1) is 13.7 Å². The first kappa shape index (κ1) is 9.76. The van der Waals surface area contributed by atoms with Crippen molar-refractivity contribution >= 4 is 0 Å². The molecule has 1 aromatic rings. The molecule has 5 heteroatoms. The Balaban J connectivity index is 3.13. The topological polar surface area (TPSA) is 61.7 Å². The van der Waals surface area contributed by atoms with Gasteiger partial charge in [-0.3, -0.25) is 0 Å². The average Bonchev–Trinajstić information content (AvgIpc) is 2.12. The largest absolute Gasteiger partial charge is 0.508 e. The predicted octanol–water partition coefficient (Wildman–Crippen LogP) is 1.02. The van der Waals surface area contributed by atoms with E-state index < -0.39 is 5.82 Å². The Morgan fingerprint density at radius 2 is 2.23 bits per heavy atom. The van der Waals surface area contributed by atoms with Crippen LogP contribution in [0.1, 0.15) is 5.56 Å². The van der Waals surface area contributed by atoms with E-state index in [4.69, 9.17) is 9.94 Å². The van der Waals surface area contributed by atoms with E-state index in [9.17, 15) is 9.50 Å². The van der Waals surface area contributed by atoms with E-state index in [1.165, 1.54) is 19.2 Å². The third kappa shape index (κ3) is 1.88. The zero-order chi connectivity index (χ0) is 9.84. The molecule has 1 rings (SSSR count). The lowest BCUT2D eigenvalue weighted by Crippen LogP contribution is -2.08. The van der Waals surface area contributed by atoms with Crippen LogP contribution in [-0.4, -0.2) is 17.4 Å². The van der Waals surface area contributed by atoms with Crippen LogP contribution in [0.5, 0.6) is 11.5 Å². The first-order valence-corrected chi connectivity index (χ1v) is 3.62. The van der Waals surface area contributed by atoms with Gasteiger partial charge < -0.3 is 15.1 Å². The SMILES string of the molecule is COc1ccc(O)c(CNO)c1F. The van der Waals surface area contributed by atoms with Crippen LogP contribution in [0.2, 0.25) is 0 Å². The van der Waals surface area contributed by atoms with Crippen molar-refractivity contribution in [2.24, 2.45) is 0 Å². The smallest absolute Gasteiger partial charge is 0.173 e. The maximum absolute atomic E-state index is 13.3. The van der Waals surface area contributed by atoms with Crippen molar-refractivity contribution in [1.29, 1.82) is 0 Å². The molecule has 0 fully saturated rings. The lowest BCUT2D eigenvalue weighted by molar-refractivity contribution is 0.158. The van der Waals surface area contributed by atoms with E-state index >= 15 is 0 Å². The number of phenolic OH excluding ortho intramolecular Hbond substituents is 1. The molecule has 0 spiro atoms. The van der Waals surface area contributed by atoms with Crippen molar-refractivity contribution in [3.8, 4) is 11.5 Å². The molecule has 0 heterocycles. The van der Waals surface area contributed by atoms with Gasteiger partial charge in [-0.2, -0.15) is 0 Å². The molecule has 0 unspecified atom stereocenters. The van der Waals surface area contributed by atoms with Gasteiger partial charge in [-0.25, -0.2) is 9.87 Å². The van der Waals surface area contributed by atoms with E-state index in [1.54, 1.807) is 5.48 Å². The van der Waals surface area contributed by atoms with E-state index in [0.717, 1.165) is 0 Å². The number of nitrogens with one attached hydrogen (secondary N) is 1. The van der Waals surface area contributed by atoms with Crippen molar-refractivity contribution in [2.75, 3.05) is 7.11 Å². The standard InChI is InChI=1S/C8H10FNO3/c1-13-7-3-2-6(11)5(4-10-12)8(7)9/h2-3,10-12H,4H2,1H3. The molecule has 72 valence electrons. The summed E-state index contributed by atoms with van der Waals surface area (Å²) < 4.78 is 18.0. The minimum absolute atomic E-state index is 0.0261. The second kappa shape index (κ2) is 4.06. The molecule has 13 heavy (non-hydrogen) atoms. The number of halogens is 1. The molecule has 0 aliphatic heterocycles. The number of hydrogen-bond donors (Lipinski definition) is 3. The molecule has 1 aromatic carbocycles. The van der Waals surface area contributed by atoms with Crippen LogP contribution in [0, 0.1) is 5.82 Å². The van der Waals surface area contributed by atoms with Crippen molar-refractivity contribution in [2.45, 2.75) is 6.54 Å². The number of hydrogen-bond acceptors (Lipinski definition) is 4. The van der Waals surface area contributed by atoms with Crippen LogP contribution in [0.25, 0.3) is 0 Å². The number of benzene rings is 1. The fourth-order valence-corrected chi connectivity index (χ4v) is 0.994. The van der Waals surface area contributed by atoms with Crippen LogP contribution in [0.3, 0.4) is 0 Å². The Labute approximate surface area is 74.5 Å². The van der Waals surface area contributed by atoms with Gasteiger partial charge in [-0.05, 0) is 12.1 Å². The fourth-order valence-electron chi connectivity index (χ4n) is 0.994. The number of aromatic hydroxyl groups is 1. The number of methoxy groups -OCH3 is 1. The summed E-state index contributed by atoms with van der Waals surface area (Å²) in [7, 11) is 1.33. The number of rotatable bonds is 3. The zero-order valence-electron chi connectivity index (χ0n) is 7.04. The van der Waals surface area contributed by atoms with Gasteiger partial charge in [0.25, 0.3) is 0 Å². The van der Waals surface area contributed by atoms with Crippen molar-refractivity contribution in [1.82, 2.24) is 5.48 Å². The zero-order valence-corrected chi connectivity index (χ0v) is 7.04. The van der Waals surface area contributed by atoms with Gasteiger partial charge in [0, 0.05) is 5.56 Å². The number of hydroxylamine groups is 1. The monoisotopic (exact) mass is 187 g/mol. The minimum Gasteiger partial charge on any atom is -0.508 e. The Hall–Kier alpha value is -1.33. The van der Waals surface area contributed by atoms with Crippen molar-refractivity contribution < 1.29 is 19.4 Å². The van der Waals surface area contributed by atoms with Crippen molar-refractivity contribution in [3.05, 3.63) is 23.5 Å². The molecule has 0 aromatic heterocycles. The Bertz CT molecular complexity index is 304. The lowest BCUT2D eigenvalue weighted by Gasteiger charge is -2.08. The van der Waals surface area contributed by atoms with Gasteiger partial charge in [0.15, 0.2) is 11.6 Å². The highest BCUT2D eigenvalue weighted by molar-refractivity contribution is 5.40. The molecule has 0 aliphatic carbocycles. The Morgan fingerprint density at radius 1 is 1.54 bits per heavy atom. The lowest BCUT2D eigenvalue weighted by atomic mass is 10.2. The second-order valence-electron chi connectivity index (χ2n) is 2.41. The van der Waals surface area contributed by atoms with Crippen LogP contribution in [-0.2, 0) is 6.54 Å². The van der Waals surface area contributed by atoms with E-state index in [-0.39, 0.29) is 23.6 Å². The predicted molar refractivity (Wildman–Crippen MR) is 43.2 cm³/mol. The third-order valence-corrected chi connectivity index (χ3v) is 1.66. The van der Waals surface area contributed by atoms with Crippen LogP contribution < -0.4 is 10.2 Å². The molecule has 0 radical (unpaired) electrons. The average molecular weight is 187 g/mol. The quantitative estimate of drug-likeness (QED) is 0.618. The summed E-state index contributed by atoms with van der Waals surface area (Å²) in [6.07, 6.45) is 0. The first-order valence-electron chi connectivity index (χ1n) is 3.62. The van der Waals surface area contributed by atoms with Gasteiger partial charge in [-0.15, -0.1) is 0 Å². The van der Waals surface area contributed by atoms with Crippen LogP contribution >= 0.6 is 0 Å². The van der Waals surface area contributed by atoms with E-state index in [0.29, 0.717) is 0 Å². The van der Waals surface area contributed by atoms with Gasteiger partial charge in [0.2, 0.25) is 0 Å². The summed E-state index contributed by atoms with van der Waals surface area (Å²) in [4.78, 5) is 0. The maximum atomic E-state index is 13.3. The van der Waals surface area contributed by atoms with Gasteiger partial charge in [-0.1, -0.05) is 0 Å². The highest BCUT2D eigenvalue weighted by Crippen LogP contribution is 2.27. The second-order valence-corrected chi connectivity index (χ2v) is 2.41. The summed E-state index contributed by atoms with van der Waals surface area (Å²) >= 11 is 0. The highest BCUT2D eigenvalue weighted by Gasteiger charge is 2.12. The fraction of sp³-hybridized carbons (Fsp3) is 0.250. The molecular weight excluding hydrogens is 177 g/mol. The van der Waals surface area contributed by atoms with Crippen molar-refractivity contribution in [3.63, 3.8) is 0 Å². The molecule has 0 saturated heterocycles. The molecule has 4 nitrogen and oxygen atoms in total. The van der Waals surface area contributed by atoms with Crippen LogP contribution in [0.4, 0.5) is 4.39 Å². The minimum atomic E-state index is -0.677. The molecule has 0 aliphatic rings. The summed E-state index contributed by atoms with van der Waals surface area (Å²) in [5, 5.41) is 17.6. The molecular formula is C8H10FNO3. The Kier molecular flexibility index (Phi) is 3.05. The summed E-state index contributed by atoms with van der Waals surface area (Å²) in [6, 6.07) is 2.61. The summed E-state index contributed by atoms with van der Waals surface area (Å²) in [5.74, 6) is -0.869. The van der Waals surface area contributed by atoms with Gasteiger partial charge >= 0.3 is 0 Å². The summed E-state index contributed by atoms with van der Waals surface area (Å²) in [6.45, 7) is -0.172. The van der Waals surface area contributed by atoms with E-state index in [2.05, 4.69) is 0 Å². The molecule has 0 amide bonds. The molecule has 0 bridgehead atoms. The summed E-state index contributed by atoms with van der Waals surface area (Å²) in [5.41, 5.74) is 1.74. The number of ether oxygens (including phenoxy) is 1. The van der Waals surface area contributed by atoms with E-state index in [1.807, 2.05) is 0 Å². The Morgan fingerprint density at radius 3 is 2.77 bits per heavy atom. The normalized spacial score (nSPS) is 10.1. The highest BCUT2D eigenvalue weighted by atomic mass is 19.1. The molecule has 0 saturated carbocycles. The third-order valence-electron chi connectivity index (χ3n) is 1.66. The van der Waals surface area contributed by atoms with Gasteiger partial charge in [0.1, 0.15) is 5.75 Å². The van der Waals surface area contributed by atoms with Crippen LogP contribution in [0.15, 0.2) is 12.1 Å². The number of phenols is 1. The molecule has 3 N–H and O–H groups in total. The maximum Gasteiger partial charge on any atom is 0.173 e. The molecule has 0 atom stereocenters.